The molecule has 0 rings (SSSR count). The zero-order valence-corrected chi connectivity index (χ0v) is 6.49. The Hall–Kier alpha value is 0.695. The Bertz CT molecular complexity index is 192. The van der Waals surface area contributed by atoms with Gasteiger partial charge >= 0.3 is 37.4 Å². The first-order valence-electron chi connectivity index (χ1n) is 1.48. The molecule has 0 amide bonds. The summed E-state index contributed by atoms with van der Waals surface area (Å²) in [5, 5.41) is 0. The molecule has 8 nitrogen and oxygen atoms in total. The van der Waals surface area contributed by atoms with Gasteiger partial charge in [0.05, 0.1) is 0 Å². The van der Waals surface area contributed by atoms with Crippen LogP contribution in [-0.4, -0.2) is 40.4 Å². The molecule has 0 radical (unpaired) electrons. The van der Waals surface area contributed by atoms with Crippen LogP contribution in [0, 0.1) is 0 Å². The zero-order chi connectivity index (χ0) is 9.00. The van der Waals surface area contributed by atoms with Crippen molar-refractivity contribution >= 4 is 25.2 Å². The van der Waals surface area contributed by atoms with E-state index in [0.717, 1.165) is 0 Å². The Kier molecular flexibility index (Phi) is 10.0. The third-order valence-corrected chi connectivity index (χ3v) is 0. The van der Waals surface area contributed by atoms with Crippen molar-refractivity contribution in [3.05, 3.63) is 0 Å². The molecule has 0 aromatic carbocycles. The van der Waals surface area contributed by atoms with Gasteiger partial charge in [-0.05, 0) is 0 Å². The Morgan fingerprint density at radius 1 is 1.00 bits per heavy atom. The summed E-state index contributed by atoms with van der Waals surface area (Å²) < 4.78 is 40.8. The molecule has 0 heterocycles. The molecule has 0 bridgehead atoms. The van der Waals surface area contributed by atoms with E-state index in [1.165, 1.54) is 0 Å². The average Bonchev–Trinajstić information content (AvgIpc) is 1.12. The van der Waals surface area contributed by atoms with Gasteiger partial charge in [-0.25, -0.2) is 4.57 Å². The van der Waals surface area contributed by atoms with E-state index in [1.54, 1.807) is 0 Å². The van der Waals surface area contributed by atoms with Crippen LogP contribution in [0.5, 0.6) is 0 Å². The molecule has 0 saturated heterocycles. The van der Waals surface area contributed by atoms with E-state index in [4.69, 9.17) is 35.2 Å². The van der Waals surface area contributed by atoms with Crippen LogP contribution in [0.15, 0.2) is 0 Å². The van der Waals surface area contributed by atoms with E-state index in [-0.39, 0.29) is 17.4 Å². The standard InChI is InChI=1S/Al.Cr.H3O4P.2H2O.2O.3H/c;;1-5(2,3)4;;;;;;;/h;;(H3,1,2,3,4);2*1H2;;;;;/q;+2;;;;;;;;/p-2. The average molecular weight is 246 g/mol. The van der Waals surface area contributed by atoms with Gasteiger partial charge < -0.3 is 14.7 Å². The Morgan fingerprint density at radius 3 is 1.00 bits per heavy atom. The second-order valence-electron chi connectivity index (χ2n) is 0.961. The number of hydrogen-bond donors (Lipinski definition) is 5. The third kappa shape index (κ3) is 1670. The van der Waals surface area contributed by atoms with Gasteiger partial charge in [0.15, 0.2) is 17.4 Å². The summed E-state index contributed by atoms with van der Waals surface area (Å²) in [6.45, 7) is 0. The van der Waals surface area contributed by atoms with Gasteiger partial charge in [-0.2, -0.15) is 0 Å². The molecule has 0 fully saturated rings. The topological polar surface area (TPSA) is 152 Å². The van der Waals surface area contributed by atoms with Gasteiger partial charge in [0.25, 0.3) is 0 Å². The molecule has 0 unspecified atom stereocenters. The van der Waals surface area contributed by atoms with E-state index in [2.05, 4.69) is 0 Å². The fourth-order valence-electron chi connectivity index (χ4n) is 0. The van der Waals surface area contributed by atoms with Crippen LogP contribution < -0.4 is 0 Å². The molecule has 0 aliphatic carbocycles. The fraction of sp³-hybridized carbons (Fsp3) is 0. The summed E-state index contributed by atoms with van der Waals surface area (Å²) in [5.41, 5.74) is 0. The van der Waals surface area contributed by atoms with Crippen LogP contribution in [0.1, 0.15) is 0 Å². The Labute approximate surface area is 74.2 Å². The van der Waals surface area contributed by atoms with Crippen LogP contribution in [-0.2, 0) is 25.8 Å². The van der Waals surface area contributed by atoms with Crippen LogP contribution in [0.25, 0.3) is 0 Å². The van der Waals surface area contributed by atoms with E-state index in [0.29, 0.717) is 0 Å². The first-order chi connectivity index (χ1) is 4.00. The maximum atomic E-state index is 8.88. The minimum atomic E-state index is -5.25. The molecule has 0 aromatic heterocycles. The Morgan fingerprint density at radius 2 is 1.00 bits per heavy atom. The summed E-state index contributed by atoms with van der Waals surface area (Å²) in [7, 11) is -4.64. The molecule has 0 saturated carbocycles. The monoisotopic (exact) mass is 246 g/mol. The van der Waals surface area contributed by atoms with Crippen molar-refractivity contribution in [3.63, 3.8) is 0 Å². The molecular formula is H8AlCrO8P. The summed E-state index contributed by atoms with van der Waals surface area (Å²) in [6.07, 6.45) is 0. The number of phosphoric acid groups is 1. The van der Waals surface area contributed by atoms with E-state index >= 15 is 0 Å². The number of rotatable bonds is 0. The van der Waals surface area contributed by atoms with Gasteiger partial charge in [-0.1, -0.05) is 0 Å². The summed E-state index contributed by atoms with van der Waals surface area (Å²) in [5.74, 6) is 0. The number of hydrogen-bond acceptors (Lipinski definition) is 3. The van der Waals surface area contributed by atoms with Crippen molar-refractivity contribution in [2.24, 2.45) is 0 Å². The molecule has 11 heavy (non-hydrogen) atoms. The van der Waals surface area contributed by atoms with Crippen molar-refractivity contribution in [3.8, 4) is 0 Å². The van der Waals surface area contributed by atoms with E-state index < -0.39 is 21.4 Å². The second kappa shape index (κ2) is 6.24. The molecule has 0 aliphatic rings. The molecule has 0 aliphatic heterocycles. The molecule has 5 N–H and O–H groups in total. The maximum absolute atomic E-state index is 8.88. The zero-order valence-electron chi connectivity index (χ0n) is 4.32. The first-order valence-corrected chi connectivity index (χ1v) is 5.23. The van der Waals surface area contributed by atoms with Crippen molar-refractivity contribution in [2.45, 2.75) is 0 Å². The van der Waals surface area contributed by atoms with Gasteiger partial charge in [-0.3, -0.25) is 0 Å². The van der Waals surface area contributed by atoms with Crippen molar-refractivity contribution in [1.29, 1.82) is 0 Å². The molecule has 0 atom stereocenters. The Balaban J connectivity index is -0.000000107. The normalized spacial score (nSPS) is 10.6. The predicted octanol–water partition coefficient (Wildman–Crippen LogP) is -3.47. The van der Waals surface area contributed by atoms with Crippen molar-refractivity contribution in [2.75, 3.05) is 0 Å². The third-order valence-electron chi connectivity index (χ3n) is 0. The summed E-state index contributed by atoms with van der Waals surface area (Å²) in [6, 6.07) is 0. The summed E-state index contributed by atoms with van der Waals surface area (Å²) in [4.78, 5) is 21.6. The van der Waals surface area contributed by atoms with Gasteiger partial charge in [0.1, 0.15) is 0 Å². The van der Waals surface area contributed by atoms with E-state index in [1.807, 2.05) is 0 Å². The van der Waals surface area contributed by atoms with Gasteiger partial charge in [0.2, 0.25) is 0 Å². The van der Waals surface area contributed by atoms with Crippen molar-refractivity contribution < 1.29 is 48.8 Å². The molecular weight excluding hydrogens is 238 g/mol. The van der Waals surface area contributed by atoms with Crippen molar-refractivity contribution in [1.82, 2.24) is 0 Å². The molecule has 0 spiro atoms. The molecule has 70 valence electrons. The minimum absolute atomic E-state index is 0. The molecule has 11 heteroatoms. The molecule has 0 aromatic rings. The van der Waals surface area contributed by atoms with E-state index in [9.17, 15) is 0 Å². The van der Waals surface area contributed by atoms with Gasteiger partial charge in [-0.15, -0.1) is 0 Å². The SMILES string of the molecule is O=P(O)(O)O.[AlH3].[O]=[Cr](=[O])([OH])[OH]. The van der Waals surface area contributed by atoms with Crippen LogP contribution >= 0.6 is 7.82 Å². The van der Waals surface area contributed by atoms with Crippen LogP contribution in [0.4, 0.5) is 0 Å². The fourth-order valence-corrected chi connectivity index (χ4v) is 0. The predicted molar refractivity (Wildman–Crippen MR) is 30.0 cm³/mol. The summed E-state index contributed by atoms with van der Waals surface area (Å²) >= 11 is -5.25. The van der Waals surface area contributed by atoms with Gasteiger partial charge in [0, 0.05) is 0 Å². The quantitative estimate of drug-likeness (QED) is 0.218. The van der Waals surface area contributed by atoms with Crippen LogP contribution in [0.3, 0.4) is 0 Å². The first kappa shape index (κ1) is 17.7. The van der Waals surface area contributed by atoms with Crippen LogP contribution in [0.2, 0.25) is 0 Å². The second-order valence-corrected chi connectivity index (χ2v) is 3.39.